The highest BCUT2D eigenvalue weighted by molar-refractivity contribution is 7.89. The highest BCUT2D eigenvalue weighted by atomic mass is 32.2. The van der Waals surface area contributed by atoms with E-state index in [4.69, 9.17) is 0 Å². The average Bonchev–Trinajstić information content (AvgIpc) is 3.31. The van der Waals surface area contributed by atoms with Crippen LogP contribution >= 0.6 is 11.3 Å². The van der Waals surface area contributed by atoms with E-state index in [1.165, 1.54) is 4.31 Å². The maximum absolute atomic E-state index is 13.2. The monoisotopic (exact) mass is 452 g/mol. The summed E-state index contributed by atoms with van der Waals surface area (Å²) in [7, 11) is -4.95. The quantitative estimate of drug-likeness (QED) is 0.725. The zero-order chi connectivity index (χ0) is 21.4. The first-order valence-electron chi connectivity index (χ1n) is 9.47. The smallest absolute Gasteiger partial charge is 0.242 e. The Morgan fingerprint density at radius 1 is 1.21 bits per heavy atom. The SMILES string of the molecule is C=C(c1cccs1)[C@H]1CN(S(=O)(=O)c2ccc(C)cc2)C[C@H]1NS(=O)C(C)(C)C. The van der Waals surface area contributed by atoms with Crippen LogP contribution in [0.25, 0.3) is 5.57 Å². The van der Waals surface area contributed by atoms with E-state index in [-0.39, 0.29) is 23.4 Å². The van der Waals surface area contributed by atoms with Crippen molar-refractivity contribution < 1.29 is 12.6 Å². The van der Waals surface area contributed by atoms with Crippen molar-refractivity contribution >= 4 is 37.9 Å². The highest BCUT2D eigenvalue weighted by Crippen LogP contribution is 2.35. The third kappa shape index (κ3) is 4.88. The number of rotatable bonds is 6. The van der Waals surface area contributed by atoms with Crippen molar-refractivity contribution in [1.29, 1.82) is 0 Å². The number of hydrogen-bond donors (Lipinski definition) is 1. The van der Waals surface area contributed by atoms with E-state index in [9.17, 15) is 12.6 Å². The summed E-state index contributed by atoms with van der Waals surface area (Å²) in [5, 5.41) is 1.98. The Labute approximate surface area is 180 Å². The first-order chi connectivity index (χ1) is 13.5. The molecule has 2 aromatic rings. The van der Waals surface area contributed by atoms with Crippen LogP contribution in [-0.2, 0) is 21.0 Å². The van der Waals surface area contributed by atoms with Gasteiger partial charge in [0.25, 0.3) is 0 Å². The number of aryl methyl sites for hydroxylation is 1. The second kappa shape index (κ2) is 8.43. The molecule has 0 bridgehead atoms. The summed E-state index contributed by atoms with van der Waals surface area (Å²) in [6.45, 7) is 12.4. The zero-order valence-corrected chi connectivity index (χ0v) is 19.7. The van der Waals surface area contributed by atoms with Crippen molar-refractivity contribution in [1.82, 2.24) is 9.03 Å². The predicted molar refractivity (Wildman–Crippen MR) is 122 cm³/mol. The third-order valence-electron chi connectivity index (χ3n) is 5.04. The van der Waals surface area contributed by atoms with Crippen LogP contribution in [0.15, 0.2) is 53.3 Å². The van der Waals surface area contributed by atoms with Crippen LogP contribution in [0.3, 0.4) is 0 Å². The van der Waals surface area contributed by atoms with Gasteiger partial charge in [-0.1, -0.05) is 30.3 Å². The molecule has 8 heteroatoms. The summed E-state index contributed by atoms with van der Waals surface area (Å²) in [6, 6.07) is 10.6. The molecule has 3 atom stereocenters. The minimum atomic E-state index is -3.64. The fourth-order valence-corrected chi connectivity index (χ4v) is 6.38. The molecule has 1 aliphatic rings. The number of nitrogens with zero attached hydrogens (tertiary/aromatic N) is 1. The van der Waals surface area contributed by atoms with Crippen LogP contribution in [0.1, 0.15) is 31.2 Å². The molecule has 1 saturated heterocycles. The molecule has 1 N–H and O–H groups in total. The fourth-order valence-electron chi connectivity index (χ4n) is 3.25. The Morgan fingerprint density at radius 2 is 1.86 bits per heavy atom. The third-order valence-corrected chi connectivity index (χ3v) is 9.47. The normalized spacial score (nSPS) is 21.9. The molecule has 0 saturated carbocycles. The van der Waals surface area contributed by atoms with Gasteiger partial charge >= 0.3 is 0 Å². The second-order valence-electron chi connectivity index (χ2n) is 8.35. The summed E-state index contributed by atoms with van der Waals surface area (Å²) in [5.74, 6) is -0.153. The number of sulfonamides is 1. The molecule has 1 aromatic heterocycles. The van der Waals surface area contributed by atoms with Gasteiger partial charge in [0.15, 0.2) is 0 Å². The second-order valence-corrected chi connectivity index (χ2v) is 13.2. The van der Waals surface area contributed by atoms with Crippen molar-refractivity contribution in [3.8, 4) is 0 Å². The topological polar surface area (TPSA) is 66.5 Å². The van der Waals surface area contributed by atoms with E-state index in [0.717, 1.165) is 16.0 Å². The van der Waals surface area contributed by atoms with E-state index in [0.29, 0.717) is 6.54 Å². The number of nitrogens with one attached hydrogen (secondary N) is 1. The van der Waals surface area contributed by atoms with Crippen LogP contribution in [0.5, 0.6) is 0 Å². The standard InChI is InChI=1S/C21H28N2O3S3/c1-15-8-10-17(11-9-15)29(25,26)23-13-18(16(2)20-7-6-12-27-20)19(14-23)22-28(24)21(3,4)5/h6-12,18-19,22H,2,13-14H2,1,3-5H3/t18-,19-,28?/m1/s1. The lowest BCUT2D eigenvalue weighted by Crippen LogP contribution is -2.44. The molecule has 0 spiro atoms. The molecule has 5 nitrogen and oxygen atoms in total. The minimum absolute atomic E-state index is 0.153. The number of hydrogen-bond acceptors (Lipinski definition) is 4. The Hall–Kier alpha value is -1.32. The van der Waals surface area contributed by atoms with Gasteiger partial charge in [-0.25, -0.2) is 17.3 Å². The summed E-state index contributed by atoms with van der Waals surface area (Å²) in [4.78, 5) is 1.30. The molecule has 3 rings (SSSR count). The number of benzene rings is 1. The largest absolute Gasteiger partial charge is 0.243 e. The molecule has 0 amide bonds. The van der Waals surface area contributed by atoms with E-state index < -0.39 is 25.8 Å². The molecular formula is C21H28N2O3S3. The summed E-state index contributed by atoms with van der Waals surface area (Å²) >= 11 is 1.58. The maximum Gasteiger partial charge on any atom is 0.243 e. The Kier molecular flexibility index (Phi) is 6.50. The van der Waals surface area contributed by atoms with Gasteiger partial charge in [-0.3, -0.25) is 0 Å². The Balaban J connectivity index is 1.90. The van der Waals surface area contributed by atoms with E-state index in [1.54, 1.807) is 35.6 Å². The van der Waals surface area contributed by atoms with Gasteiger partial charge in [0, 0.05) is 29.9 Å². The van der Waals surface area contributed by atoms with Gasteiger partial charge in [0.1, 0.15) is 0 Å². The van der Waals surface area contributed by atoms with Gasteiger partial charge in [-0.15, -0.1) is 11.3 Å². The van der Waals surface area contributed by atoms with Crippen molar-refractivity contribution in [2.75, 3.05) is 13.1 Å². The van der Waals surface area contributed by atoms with Gasteiger partial charge in [-0.05, 0) is 56.8 Å². The first-order valence-corrected chi connectivity index (χ1v) is 12.9. The molecule has 1 aliphatic heterocycles. The van der Waals surface area contributed by atoms with Crippen molar-refractivity contribution in [3.63, 3.8) is 0 Å². The first kappa shape index (κ1) is 22.4. The molecule has 0 radical (unpaired) electrons. The van der Waals surface area contributed by atoms with Gasteiger partial charge in [-0.2, -0.15) is 4.31 Å². The Bertz CT molecular complexity index is 991. The zero-order valence-electron chi connectivity index (χ0n) is 17.2. The minimum Gasteiger partial charge on any atom is -0.242 e. The van der Waals surface area contributed by atoms with Crippen molar-refractivity contribution in [2.45, 2.75) is 43.4 Å². The van der Waals surface area contributed by atoms with Crippen LogP contribution < -0.4 is 4.72 Å². The molecule has 1 unspecified atom stereocenters. The highest BCUT2D eigenvalue weighted by Gasteiger charge is 2.42. The molecule has 1 fully saturated rings. The van der Waals surface area contributed by atoms with Crippen LogP contribution in [-0.4, -0.2) is 40.8 Å². The van der Waals surface area contributed by atoms with E-state index in [2.05, 4.69) is 11.3 Å². The lowest BCUT2D eigenvalue weighted by Gasteiger charge is -2.25. The molecule has 158 valence electrons. The summed E-state index contributed by atoms with van der Waals surface area (Å²) < 4.78 is 43.4. The van der Waals surface area contributed by atoms with E-state index >= 15 is 0 Å². The molecule has 2 heterocycles. The van der Waals surface area contributed by atoms with Crippen LogP contribution in [0.4, 0.5) is 0 Å². The van der Waals surface area contributed by atoms with Crippen molar-refractivity contribution in [3.05, 3.63) is 58.8 Å². The van der Waals surface area contributed by atoms with Gasteiger partial charge < -0.3 is 0 Å². The Morgan fingerprint density at radius 3 is 2.41 bits per heavy atom. The summed E-state index contributed by atoms with van der Waals surface area (Å²) in [5.41, 5.74) is 1.89. The van der Waals surface area contributed by atoms with Crippen LogP contribution in [0, 0.1) is 12.8 Å². The molecular weight excluding hydrogens is 424 g/mol. The molecule has 1 aromatic carbocycles. The van der Waals surface area contributed by atoms with Gasteiger partial charge in [0.2, 0.25) is 10.0 Å². The van der Waals surface area contributed by atoms with Crippen LogP contribution in [0.2, 0.25) is 0 Å². The number of thiophene rings is 1. The average molecular weight is 453 g/mol. The fraction of sp³-hybridized carbons (Fsp3) is 0.429. The summed E-state index contributed by atoms with van der Waals surface area (Å²) in [6.07, 6.45) is 0. The lowest BCUT2D eigenvalue weighted by molar-refractivity contribution is 0.467. The predicted octanol–water partition coefficient (Wildman–Crippen LogP) is 3.81. The molecule has 0 aliphatic carbocycles. The van der Waals surface area contributed by atoms with Crippen molar-refractivity contribution in [2.24, 2.45) is 5.92 Å². The van der Waals surface area contributed by atoms with Gasteiger partial charge in [0.05, 0.1) is 20.6 Å². The maximum atomic E-state index is 13.2. The molecule has 29 heavy (non-hydrogen) atoms. The van der Waals surface area contributed by atoms with E-state index in [1.807, 2.05) is 45.2 Å². The lowest BCUT2D eigenvalue weighted by atomic mass is 9.95.